The topological polar surface area (TPSA) is 98.7 Å². The van der Waals surface area contributed by atoms with Crippen molar-refractivity contribution < 1.29 is 14.9 Å². The van der Waals surface area contributed by atoms with Crippen LogP contribution in [-0.2, 0) is 19.5 Å². The number of phenols is 2. The summed E-state index contributed by atoms with van der Waals surface area (Å²) in [5, 5.41) is 19.7. The largest absolute Gasteiger partial charge is 0.504 e. The average Bonchev–Trinajstić information content (AvgIpc) is 2.71. The monoisotopic (exact) mass is 379 g/mol. The molecule has 0 bridgehead atoms. The lowest BCUT2D eigenvalue weighted by Gasteiger charge is -2.28. The number of ether oxygens (including phenoxy) is 1. The quantitative estimate of drug-likeness (QED) is 0.602. The van der Waals surface area contributed by atoms with Gasteiger partial charge < -0.3 is 19.9 Å². The van der Waals surface area contributed by atoms with Gasteiger partial charge in [-0.15, -0.1) is 0 Å². The van der Waals surface area contributed by atoms with Crippen LogP contribution in [0.3, 0.4) is 0 Å². The fourth-order valence-electron chi connectivity index (χ4n) is 3.52. The van der Waals surface area contributed by atoms with E-state index < -0.39 is 0 Å². The summed E-state index contributed by atoms with van der Waals surface area (Å²) in [6.07, 6.45) is 0.605. The summed E-state index contributed by atoms with van der Waals surface area (Å²) in [7, 11) is 1.44. The molecule has 0 aliphatic carbocycles. The first kappa shape index (κ1) is 18.1. The summed E-state index contributed by atoms with van der Waals surface area (Å²) in [4.78, 5) is 22.2. The van der Waals surface area contributed by atoms with Crippen LogP contribution in [0.4, 0.5) is 0 Å². The van der Waals surface area contributed by atoms with Gasteiger partial charge in [0.05, 0.1) is 12.8 Å². The van der Waals surface area contributed by atoms with E-state index in [1.807, 2.05) is 30.3 Å². The van der Waals surface area contributed by atoms with Crippen molar-refractivity contribution in [3.8, 4) is 28.6 Å². The van der Waals surface area contributed by atoms with Gasteiger partial charge in [0.15, 0.2) is 11.5 Å². The summed E-state index contributed by atoms with van der Waals surface area (Å²) in [6.45, 7) is 1.77. The highest BCUT2D eigenvalue weighted by Gasteiger charge is 2.22. The zero-order valence-electron chi connectivity index (χ0n) is 15.5. The summed E-state index contributed by atoms with van der Waals surface area (Å²) >= 11 is 0. The molecule has 1 aliphatic rings. The fourth-order valence-corrected chi connectivity index (χ4v) is 3.52. The molecule has 0 amide bonds. The van der Waals surface area contributed by atoms with Crippen LogP contribution in [0.2, 0.25) is 0 Å². The maximum absolute atomic E-state index is 12.5. The van der Waals surface area contributed by atoms with Crippen molar-refractivity contribution in [3.63, 3.8) is 0 Å². The van der Waals surface area contributed by atoms with Gasteiger partial charge in [0.1, 0.15) is 5.82 Å². The van der Waals surface area contributed by atoms with E-state index in [4.69, 9.17) is 9.72 Å². The van der Waals surface area contributed by atoms with Gasteiger partial charge in [-0.1, -0.05) is 30.3 Å². The molecule has 1 aliphatic heterocycles. The molecule has 2 aromatic carbocycles. The Balaban J connectivity index is 1.60. The smallest absolute Gasteiger partial charge is 0.254 e. The van der Waals surface area contributed by atoms with Gasteiger partial charge in [-0.3, -0.25) is 9.69 Å². The summed E-state index contributed by atoms with van der Waals surface area (Å²) in [6, 6.07) is 12.8. The number of nitrogens with one attached hydrogen (secondary N) is 1. The van der Waals surface area contributed by atoms with Crippen molar-refractivity contribution in [2.24, 2.45) is 0 Å². The van der Waals surface area contributed by atoms with Crippen molar-refractivity contribution in [3.05, 3.63) is 69.6 Å². The second-order valence-corrected chi connectivity index (χ2v) is 6.83. The number of rotatable bonds is 4. The maximum Gasteiger partial charge on any atom is 0.254 e. The summed E-state index contributed by atoms with van der Waals surface area (Å²) in [5.41, 5.74) is 3.08. The molecular formula is C21H21N3O4. The Kier molecular flexibility index (Phi) is 4.75. The Morgan fingerprint density at radius 2 is 2.00 bits per heavy atom. The minimum Gasteiger partial charge on any atom is -0.504 e. The molecule has 0 radical (unpaired) electrons. The zero-order chi connectivity index (χ0) is 19.7. The van der Waals surface area contributed by atoms with E-state index >= 15 is 0 Å². The Labute approximate surface area is 161 Å². The standard InChI is InChI=1S/C21H21N3O4/c1-28-18-10-13(9-17(25)19(18)26)11-24-8-7-15-16(12-24)22-20(23-21(15)27)14-5-3-2-4-6-14/h2-6,9-10,25-26H,7-8,11-12H2,1H3,(H,22,23,27). The molecule has 0 spiro atoms. The number of fused-ring (bicyclic) bond motifs is 1. The van der Waals surface area contributed by atoms with Crippen molar-refractivity contribution in [1.82, 2.24) is 14.9 Å². The van der Waals surface area contributed by atoms with E-state index in [2.05, 4.69) is 9.88 Å². The van der Waals surface area contributed by atoms with Crippen LogP contribution in [0.25, 0.3) is 11.4 Å². The number of benzene rings is 2. The molecule has 28 heavy (non-hydrogen) atoms. The second-order valence-electron chi connectivity index (χ2n) is 6.83. The molecule has 3 aromatic rings. The molecule has 3 N–H and O–H groups in total. The van der Waals surface area contributed by atoms with Gasteiger partial charge in [0, 0.05) is 30.8 Å². The average molecular weight is 379 g/mol. The van der Waals surface area contributed by atoms with Crippen LogP contribution in [-0.4, -0.2) is 38.7 Å². The van der Waals surface area contributed by atoms with Crippen LogP contribution in [0.15, 0.2) is 47.3 Å². The van der Waals surface area contributed by atoms with E-state index in [1.165, 1.54) is 13.2 Å². The normalized spacial score (nSPS) is 13.9. The molecule has 0 atom stereocenters. The number of hydrogen-bond donors (Lipinski definition) is 3. The van der Waals surface area contributed by atoms with Gasteiger partial charge in [-0.2, -0.15) is 0 Å². The first-order valence-electron chi connectivity index (χ1n) is 9.04. The van der Waals surface area contributed by atoms with Crippen LogP contribution in [0.5, 0.6) is 17.2 Å². The molecular weight excluding hydrogens is 358 g/mol. The number of aromatic hydroxyl groups is 2. The molecule has 0 saturated carbocycles. The van der Waals surface area contributed by atoms with Crippen molar-refractivity contribution in [1.29, 1.82) is 0 Å². The summed E-state index contributed by atoms with van der Waals surface area (Å²) in [5.74, 6) is 0.312. The third-order valence-corrected chi connectivity index (χ3v) is 4.94. The SMILES string of the molecule is COc1cc(CN2CCc3c(nc(-c4ccccc4)[nH]c3=O)C2)cc(O)c1O. The predicted octanol–water partition coefficient (Wildman–Crippen LogP) is 2.42. The number of methoxy groups -OCH3 is 1. The highest BCUT2D eigenvalue weighted by Crippen LogP contribution is 2.36. The van der Waals surface area contributed by atoms with Crippen LogP contribution >= 0.6 is 0 Å². The number of aromatic nitrogens is 2. The van der Waals surface area contributed by atoms with Gasteiger partial charge in [-0.05, 0) is 24.1 Å². The van der Waals surface area contributed by atoms with Gasteiger partial charge in [0.25, 0.3) is 5.56 Å². The Morgan fingerprint density at radius 1 is 1.21 bits per heavy atom. The molecule has 7 nitrogen and oxygen atoms in total. The second kappa shape index (κ2) is 7.36. The zero-order valence-corrected chi connectivity index (χ0v) is 15.5. The molecule has 144 valence electrons. The first-order chi connectivity index (χ1) is 13.5. The molecule has 4 rings (SSSR count). The minimum absolute atomic E-state index is 0.0903. The predicted molar refractivity (Wildman–Crippen MR) is 104 cm³/mol. The lowest BCUT2D eigenvalue weighted by molar-refractivity contribution is 0.239. The molecule has 7 heteroatoms. The Bertz CT molecular complexity index is 1060. The highest BCUT2D eigenvalue weighted by atomic mass is 16.5. The highest BCUT2D eigenvalue weighted by molar-refractivity contribution is 5.55. The van der Waals surface area contributed by atoms with Crippen molar-refractivity contribution in [2.45, 2.75) is 19.5 Å². The van der Waals surface area contributed by atoms with Crippen molar-refractivity contribution in [2.75, 3.05) is 13.7 Å². The number of hydrogen-bond acceptors (Lipinski definition) is 6. The molecule has 1 aromatic heterocycles. The van der Waals surface area contributed by atoms with Gasteiger partial charge in [-0.25, -0.2) is 4.98 Å². The van der Waals surface area contributed by atoms with Crippen molar-refractivity contribution >= 4 is 0 Å². The van der Waals surface area contributed by atoms with E-state index in [0.29, 0.717) is 31.9 Å². The number of nitrogens with zero attached hydrogens (tertiary/aromatic N) is 2. The minimum atomic E-state index is -0.268. The van der Waals surface area contributed by atoms with E-state index in [1.54, 1.807) is 6.07 Å². The number of aromatic amines is 1. The molecule has 0 saturated heterocycles. The molecule has 2 heterocycles. The number of phenolic OH excluding ortho intramolecular Hbond substituents is 2. The first-order valence-corrected chi connectivity index (χ1v) is 9.04. The Hall–Kier alpha value is -3.32. The lowest BCUT2D eigenvalue weighted by Crippen LogP contribution is -2.35. The summed E-state index contributed by atoms with van der Waals surface area (Å²) < 4.78 is 5.11. The third-order valence-electron chi connectivity index (χ3n) is 4.94. The molecule has 0 fully saturated rings. The van der Waals surface area contributed by atoms with Crippen LogP contribution in [0, 0.1) is 0 Å². The number of H-pyrrole nitrogens is 1. The van der Waals surface area contributed by atoms with Crippen LogP contribution in [0.1, 0.15) is 16.8 Å². The fraction of sp³-hybridized carbons (Fsp3) is 0.238. The maximum atomic E-state index is 12.5. The molecule has 0 unspecified atom stereocenters. The van der Waals surface area contributed by atoms with E-state index in [-0.39, 0.29) is 22.8 Å². The lowest BCUT2D eigenvalue weighted by atomic mass is 10.0. The van der Waals surface area contributed by atoms with Crippen LogP contribution < -0.4 is 10.3 Å². The van der Waals surface area contributed by atoms with E-state index in [9.17, 15) is 15.0 Å². The Morgan fingerprint density at radius 3 is 2.75 bits per heavy atom. The van der Waals surface area contributed by atoms with Gasteiger partial charge in [0.2, 0.25) is 5.75 Å². The van der Waals surface area contributed by atoms with Gasteiger partial charge >= 0.3 is 0 Å². The third kappa shape index (κ3) is 3.44. The van der Waals surface area contributed by atoms with E-state index in [0.717, 1.165) is 22.4 Å².